The van der Waals surface area contributed by atoms with Crippen LogP contribution in [0.2, 0.25) is 0 Å². The van der Waals surface area contributed by atoms with E-state index in [1.54, 1.807) is 0 Å². The van der Waals surface area contributed by atoms with Crippen LogP contribution >= 0.6 is 0 Å². The van der Waals surface area contributed by atoms with Crippen LogP contribution in [0.3, 0.4) is 0 Å². The van der Waals surface area contributed by atoms with Gasteiger partial charge in [0.15, 0.2) is 0 Å². The Labute approximate surface area is 77.9 Å². The van der Waals surface area contributed by atoms with Crippen LogP contribution in [0.1, 0.15) is 11.1 Å². The van der Waals surface area contributed by atoms with E-state index in [4.69, 9.17) is 5.14 Å². The summed E-state index contributed by atoms with van der Waals surface area (Å²) in [4.78, 5) is 0. The standard InChI is InChI=1S/C9H11NO2S/c1-8-2-4-9(5-3-8)6-7-13(10,11)12/h2-7H,1H3,(H2,10,11,12). The lowest BCUT2D eigenvalue weighted by Gasteiger charge is -1.93. The van der Waals surface area contributed by atoms with Crippen molar-refractivity contribution in [1.82, 2.24) is 0 Å². The highest BCUT2D eigenvalue weighted by Crippen LogP contribution is 2.05. The van der Waals surface area contributed by atoms with E-state index in [1.807, 2.05) is 31.2 Å². The lowest BCUT2D eigenvalue weighted by molar-refractivity contribution is 0.606. The van der Waals surface area contributed by atoms with Gasteiger partial charge in [-0.3, -0.25) is 0 Å². The molecule has 0 bridgehead atoms. The molecule has 13 heavy (non-hydrogen) atoms. The summed E-state index contributed by atoms with van der Waals surface area (Å²) in [6.07, 6.45) is 1.47. The van der Waals surface area contributed by atoms with Crippen molar-refractivity contribution in [3.63, 3.8) is 0 Å². The Hall–Kier alpha value is -1.13. The van der Waals surface area contributed by atoms with Crippen LogP contribution in [0.25, 0.3) is 6.08 Å². The fraction of sp³-hybridized carbons (Fsp3) is 0.111. The van der Waals surface area contributed by atoms with E-state index >= 15 is 0 Å². The van der Waals surface area contributed by atoms with Crippen molar-refractivity contribution in [3.8, 4) is 0 Å². The molecule has 3 nitrogen and oxygen atoms in total. The van der Waals surface area contributed by atoms with Crippen LogP contribution in [0.4, 0.5) is 0 Å². The van der Waals surface area contributed by atoms with Gasteiger partial charge in [-0.1, -0.05) is 29.8 Å². The number of aryl methyl sites for hydroxylation is 1. The Bertz CT molecular complexity index is 404. The summed E-state index contributed by atoms with van der Waals surface area (Å²) in [6.45, 7) is 1.97. The van der Waals surface area contributed by atoms with Gasteiger partial charge in [0, 0.05) is 5.41 Å². The smallest absolute Gasteiger partial charge is 0.225 e. The molecule has 70 valence electrons. The van der Waals surface area contributed by atoms with Gasteiger partial charge in [-0.25, -0.2) is 13.6 Å². The molecule has 0 aromatic heterocycles. The predicted octanol–water partition coefficient (Wildman–Crippen LogP) is 1.25. The van der Waals surface area contributed by atoms with Crippen molar-refractivity contribution in [1.29, 1.82) is 0 Å². The Balaban J connectivity index is 2.88. The van der Waals surface area contributed by atoms with Crippen molar-refractivity contribution >= 4 is 16.1 Å². The Morgan fingerprint density at radius 3 is 2.23 bits per heavy atom. The predicted molar refractivity (Wildman–Crippen MR) is 53.3 cm³/mol. The fourth-order valence-electron chi connectivity index (χ4n) is 0.851. The van der Waals surface area contributed by atoms with Crippen LogP contribution in [0, 0.1) is 6.92 Å². The third-order valence-corrected chi connectivity index (χ3v) is 2.04. The second-order valence-electron chi connectivity index (χ2n) is 2.80. The number of nitrogens with two attached hydrogens (primary N) is 1. The lowest BCUT2D eigenvalue weighted by atomic mass is 10.2. The second-order valence-corrected chi connectivity index (χ2v) is 4.25. The fourth-order valence-corrected chi connectivity index (χ4v) is 1.20. The van der Waals surface area contributed by atoms with Crippen LogP contribution in [0.15, 0.2) is 29.7 Å². The van der Waals surface area contributed by atoms with Gasteiger partial charge in [0.2, 0.25) is 10.0 Å². The summed E-state index contributed by atoms with van der Waals surface area (Å²) in [5, 5.41) is 5.78. The first-order valence-corrected chi connectivity index (χ1v) is 5.36. The Kier molecular flexibility index (Phi) is 2.85. The molecular weight excluding hydrogens is 186 g/mol. The summed E-state index contributed by atoms with van der Waals surface area (Å²) in [6, 6.07) is 7.47. The summed E-state index contributed by atoms with van der Waals surface area (Å²) < 4.78 is 21.1. The number of benzene rings is 1. The molecule has 0 aliphatic carbocycles. The molecule has 0 saturated carbocycles. The van der Waals surface area contributed by atoms with Gasteiger partial charge in [-0.2, -0.15) is 0 Å². The number of hydrogen-bond donors (Lipinski definition) is 1. The number of rotatable bonds is 2. The van der Waals surface area contributed by atoms with Crippen molar-refractivity contribution in [3.05, 3.63) is 40.8 Å². The third-order valence-electron chi connectivity index (χ3n) is 1.53. The minimum absolute atomic E-state index is 0.819. The molecule has 0 heterocycles. The van der Waals surface area contributed by atoms with E-state index in [0.29, 0.717) is 0 Å². The molecule has 0 atom stereocenters. The van der Waals surface area contributed by atoms with Crippen LogP contribution in [-0.2, 0) is 10.0 Å². The van der Waals surface area contributed by atoms with Gasteiger partial charge in [0.1, 0.15) is 0 Å². The van der Waals surface area contributed by atoms with Crippen LogP contribution in [0.5, 0.6) is 0 Å². The topological polar surface area (TPSA) is 60.2 Å². The zero-order chi connectivity index (χ0) is 9.90. The van der Waals surface area contributed by atoms with Crippen molar-refractivity contribution in [2.75, 3.05) is 0 Å². The van der Waals surface area contributed by atoms with Crippen LogP contribution < -0.4 is 5.14 Å². The summed E-state index contributed by atoms with van der Waals surface area (Å²) in [7, 11) is -3.51. The molecule has 1 aromatic rings. The van der Waals surface area contributed by atoms with E-state index in [0.717, 1.165) is 16.5 Å². The first kappa shape index (κ1) is 9.95. The number of primary sulfonamides is 1. The molecule has 0 fully saturated rings. The summed E-state index contributed by atoms with van der Waals surface area (Å²) in [5.74, 6) is 0. The first-order chi connectivity index (χ1) is 5.97. The molecule has 0 spiro atoms. The van der Waals surface area contributed by atoms with E-state index < -0.39 is 10.0 Å². The van der Waals surface area contributed by atoms with E-state index in [1.165, 1.54) is 6.08 Å². The van der Waals surface area contributed by atoms with Crippen molar-refractivity contribution < 1.29 is 8.42 Å². The largest absolute Gasteiger partial charge is 0.231 e. The monoisotopic (exact) mass is 197 g/mol. The second kappa shape index (κ2) is 3.72. The third kappa shape index (κ3) is 3.87. The van der Waals surface area contributed by atoms with Gasteiger partial charge < -0.3 is 0 Å². The highest BCUT2D eigenvalue weighted by Gasteiger charge is 1.93. The molecule has 4 heteroatoms. The van der Waals surface area contributed by atoms with Gasteiger partial charge in [-0.15, -0.1) is 0 Å². The first-order valence-electron chi connectivity index (χ1n) is 3.75. The number of sulfonamides is 1. The van der Waals surface area contributed by atoms with Crippen molar-refractivity contribution in [2.24, 2.45) is 5.14 Å². The SMILES string of the molecule is Cc1ccc(C=CS(N)(=O)=O)cc1. The molecular formula is C9H11NO2S. The van der Waals surface area contributed by atoms with Gasteiger partial charge in [-0.05, 0) is 18.6 Å². The van der Waals surface area contributed by atoms with E-state index in [2.05, 4.69) is 0 Å². The van der Waals surface area contributed by atoms with Crippen molar-refractivity contribution in [2.45, 2.75) is 6.92 Å². The highest BCUT2D eigenvalue weighted by atomic mass is 32.2. The van der Waals surface area contributed by atoms with Gasteiger partial charge in [0.25, 0.3) is 0 Å². The minimum atomic E-state index is -3.51. The normalized spacial score (nSPS) is 12.2. The summed E-state index contributed by atoms with van der Waals surface area (Å²) in [5.41, 5.74) is 1.95. The Morgan fingerprint density at radius 1 is 1.23 bits per heavy atom. The maximum absolute atomic E-state index is 10.6. The molecule has 0 radical (unpaired) electrons. The highest BCUT2D eigenvalue weighted by molar-refractivity contribution is 7.92. The average Bonchev–Trinajstić information content (AvgIpc) is 2.02. The molecule has 0 aliphatic rings. The van der Waals surface area contributed by atoms with E-state index in [-0.39, 0.29) is 0 Å². The zero-order valence-electron chi connectivity index (χ0n) is 7.27. The maximum Gasteiger partial charge on any atom is 0.231 e. The molecule has 0 unspecified atom stereocenters. The molecule has 2 N–H and O–H groups in total. The molecule has 0 amide bonds. The molecule has 1 rings (SSSR count). The van der Waals surface area contributed by atoms with Gasteiger partial charge in [0.05, 0.1) is 0 Å². The van der Waals surface area contributed by atoms with E-state index in [9.17, 15) is 8.42 Å². The summed E-state index contributed by atoms with van der Waals surface area (Å²) >= 11 is 0. The molecule has 0 aliphatic heterocycles. The Morgan fingerprint density at radius 2 is 1.77 bits per heavy atom. The minimum Gasteiger partial charge on any atom is -0.225 e. The average molecular weight is 197 g/mol. The van der Waals surface area contributed by atoms with Crippen LogP contribution in [-0.4, -0.2) is 8.42 Å². The quantitative estimate of drug-likeness (QED) is 0.775. The zero-order valence-corrected chi connectivity index (χ0v) is 8.08. The maximum atomic E-state index is 10.6. The lowest BCUT2D eigenvalue weighted by Crippen LogP contribution is -2.06. The van der Waals surface area contributed by atoms with Gasteiger partial charge >= 0.3 is 0 Å². The molecule has 1 aromatic carbocycles. The molecule has 0 saturated heterocycles. The number of hydrogen-bond acceptors (Lipinski definition) is 2.